The molecule has 9 heteroatoms. The van der Waals surface area contributed by atoms with Crippen molar-refractivity contribution in [3.63, 3.8) is 0 Å². The smallest absolute Gasteiger partial charge is 0.262 e. The summed E-state index contributed by atoms with van der Waals surface area (Å²) in [5, 5.41) is 2.15. The highest BCUT2D eigenvalue weighted by Crippen LogP contribution is 2.26. The number of carbonyl (C=O) groups excluding carboxylic acids is 2. The SMILES string of the molecule is Nc1c2c(cc(=O)n1-c1ccc(-c3nc4ccc(Br)cc4[nH]3)cc1)C(=O)NC2=O. The number of aromatic nitrogens is 3. The van der Waals surface area contributed by atoms with Crippen LogP contribution in [0.5, 0.6) is 0 Å². The molecule has 0 saturated carbocycles. The van der Waals surface area contributed by atoms with Crippen LogP contribution in [-0.4, -0.2) is 26.3 Å². The number of nitrogen functional groups attached to an aromatic ring is 1. The highest BCUT2D eigenvalue weighted by molar-refractivity contribution is 9.10. The third-order valence-electron chi connectivity index (χ3n) is 4.80. The van der Waals surface area contributed by atoms with Crippen LogP contribution in [0.3, 0.4) is 0 Å². The van der Waals surface area contributed by atoms with E-state index in [0.29, 0.717) is 11.5 Å². The number of nitrogens with one attached hydrogen (secondary N) is 2. The van der Waals surface area contributed by atoms with Crippen molar-refractivity contribution in [2.24, 2.45) is 0 Å². The van der Waals surface area contributed by atoms with Crippen molar-refractivity contribution in [2.75, 3.05) is 5.73 Å². The molecule has 0 unspecified atom stereocenters. The van der Waals surface area contributed by atoms with Gasteiger partial charge in [0.1, 0.15) is 11.6 Å². The minimum Gasteiger partial charge on any atom is -0.384 e. The van der Waals surface area contributed by atoms with Gasteiger partial charge in [0.05, 0.1) is 27.8 Å². The number of pyridine rings is 1. The maximum atomic E-state index is 12.5. The van der Waals surface area contributed by atoms with E-state index < -0.39 is 17.4 Å². The molecular formula is C20H12BrN5O3. The molecule has 2 amide bonds. The fraction of sp³-hybridized carbons (Fsp3) is 0. The van der Waals surface area contributed by atoms with Gasteiger partial charge in [-0.25, -0.2) is 4.98 Å². The number of nitrogens with zero attached hydrogens (tertiary/aromatic N) is 2. The quantitative estimate of drug-likeness (QED) is 0.405. The number of halogens is 1. The van der Waals surface area contributed by atoms with Gasteiger partial charge >= 0.3 is 0 Å². The lowest BCUT2D eigenvalue weighted by Gasteiger charge is -2.12. The predicted molar refractivity (Wildman–Crippen MR) is 111 cm³/mol. The van der Waals surface area contributed by atoms with E-state index in [2.05, 4.69) is 31.2 Å². The number of imidazole rings is 1. The third kappa shape index (κ3) is 2.66. The Morgan fingerprint density at radius 2 is 1.72 bits per heavy atom. The van der Waals surface area contributed by atoms with E-state index >= 15 is 0 Å². The van der Waals surface area contributed by atoms with Crippen molar-refractivity contribution in [3.05, 3.63) is 74.5 Å². The fourth-order valence-corrected chi connectivity index (χ4v) is 3.79. The van der Waals surface area contributed by atoms with Gasteiger partial charge < -0.3 is 10.7 Å². The number of benzene rings is 2. The van der Waals surface area contributed by atoms with Gasteiger partial charge in [-0.2, -0.15) is 0 Å². The number of imide groups is 1. The summed E-state index contributed by atoms with van der Waals surface area (Å²) in [5.41, 5.74) is 8.61. The molecule has 2 aromatic carbocycles. The number of fused-ring (bicyclic) bond motifs is 2. The molecule has 0 radical (unpaired) electrons. The third-order valence-corrected chi connectivity index (χ3v) is 5.29. The van der Waals surface area contributed by atoms with Crippen molar-refractivity contribution in [1.82, 2.24) is 19.9 Å². The molecule has 8 nitrogen and oxygen atoms in total. The summed E-state index contributed by atoms with van der Waals surface area (Å²) in [6.45, 7) is 0. The summed E-state index contributed by atoms with van der Waals surface area (Å²) in [4.78, 5) is 44.1. The average Bonchev–Trinajstić information content (AvgIpc) is 3.22. The van der Waals surface area contributed by atoms with Gasteiger partial charge in [0.2, 0.25) is 0 Å². The Kier molecular flexibility index (Phi) is 3.68. The summed E-state index contributed by atoms with van der Waals surface area (Å²) in [6, 6.07) is 13.9. The Labute approximate surface area is 171 Å². The Bertz CT molecular complexity index is 1400. The first-order valence-electron chi connectivity index (χ1n) is 8.59. The molecule has 0 atom stereocenters. The number of anilines is 1. The van der Waals surface area contributed by atoms with Gasteiger partial charge in [0.25, 0.3) is 17.4 Å². The van der Waals surface area contributed by atoms with Gasteiger partial charge in [0, 0.05) is 16.1 Å². The van der Waals surface area contributed by atoms with E-state index in [1.54, 1.807) is 24.3 Å². The minimum absolute atomic E-state index is 0.00111. The second-order valence-corrected chi connectivity index (χ2v) is 7.48. The van der Waals surface area contributed by atoms with Crippen LogP contribution in [-0.2, 0) is 0 Å². The second-order valence-electron chi connectivity index (χ2n) is 6.57. The van der Waals surface area contributed by atoms with Gasteiger partial charge in [-0.05, 0) is 42.5 Å². The van der Waals surface area contributed by atoms with Crippen molar-refractivity contribution in [2.45, 2.75) is 0 Å². The number of hydrogen-bond acceptors (Lipinski definition) is 5. The first kappa shape index (κ1) is 17.4. The molecule has 1 aliphatic heterocycles. The summed E-state index contributed by atoms with van der Waals surface area (Å²) in [5.74, 6) is -0.616. The summed E-state index contributed by atoms with van der Waals surface area (Å²) >= 11 is 3.43. The molecule has 29 heavy (non-hydrogen) atoms. The van der Waals surface area contributed by atoms with Gasteiger partial charge in [0.15, 0.2) is 0 Å². The summed E-state index contributed by atoms with van der Waals surface area (Å²) in [6.07, 6.45) is 0. The van der Waals surface area contributed by atoms with E-state index in [4.69, 9.17) is 5.73 Å². The standard InChI is InChI=1S/C20H12BrN5O3/c21-10-3-6-13-14(7-10)24-18(23-13)9-1-4-11(5-2-9)26-15(27)8-12-16(17(26)22)20(29)25-19(12)28/h1-8H,22H2,(H,23,24)(H,25,28,29). The Hall–Kier alpha value is -3.72. The van der Waals surface area contributed by atoms with Crippen LogP contribution >= 0.6 is 15.9 Å². The first-order valence-corrected chi connectivity index (χ1v) is 9.39. The van der Waals surface area contributed by atoms with Crippen LogP contribution in [0.25, 0.3) is 28.1 Å². The summed E-state index contributed by atoms with van der Waals surface area (Å²) < 4.78 is 2.15. The molecule has 0 bridgehead atoms. The maximum absolute atomic E-state index is 12.5. The zero-order valence-electron chi connectivity index (χ0n) is 14.7. The molecule has 142 valence electrons. The zero-order valence-corrected chi connectivity index (χ0v) is 16.3. The van der Waals surface area contributed by atoms with Gasteiger partial charge in [-0.1, -0.05) is 15.9 Å². The van der Waals surface area contributed by atoms with Gasteiger partial charge in [-0.3, -0.25) is 24.3 Å². The number of aromatic amines is 1. The van der Waals surface area contributed by atoms with Crippen molar-refractivity contribution < 1.29 is 9.59 Å². The fourth-order valence-electron chi connectivity index (χ4n) is 3.43. The molecule has 0 fully saturated rings. The van der Waals surface area contributed by atoms with Crippen molar-refractivity contribution in [1.29, 1.82) is 0 Å². The molecule has 2 aromatic heterocycles. The Balaban J connectivity index is 1.59. The van der Waals surface area contributed by atoms with E-state index in [-0.39, 0.29) is 16.9 Å². The van der Waals surface area contributed by atoms with E-state index in [9.17, 15) is 14.4 Å². The van der Waals surface area contributed by atoms with Crippen LogP contribution < -0.4 is 16.6 Å². The van der Waals surface area contributed by atoms with Crippen LogP contribution in [0, 0.1) is 0 Å². The molecule has 1 aliphatic rings. The highest BCUT2D eigenvalue weighted by atomic mass is 79.9. The molecule has 0 spiro atoms. The molecule has 3 heterocycles. The lowest BCUT2D eigenvalue weighted by Crippen LogP contribution is -2.24. The highest BCUT2D eigenvalue weighted by Gasteiger charge is 2.31. The second kappa shape index (κ2) is 6.14. The molecule has 4 N–H and O–H groups in total. The average molecular weight is 450 g/mol. The number of carbonyl (C=O) groups is 2. The Morgan fingerprint density at radius 1 is 0.966 bits per heavy atom. The van der Waals surface area contributed by atoms with Crippen LogP contribution in [0.1, 0.15) is 20.7 Å². The molecular weight excluding hydrogens is 438 g/mol. The largest absolute Gasteiger partial charge is 0.384 e. The topological polar surface area (TPSA) is 123 Å². The van der Waals surface area contributed by atoms with Crippen molar-refractivity contribution in [3.8, 4) is 17.1 Å². The molecule has 5 rings (SSSR count). The van der Waals surface area contributed by atoms with E-state index in [0.717, 1.165) is 27.1 Å². The van der Waals surface area contributed by atoms with Crippen molar-refractivity contribution >= 4 is 44.6 Å². The zero-order chi connectivity index (χ0) is 20.3. The lowest BCUT2D eigenvalue weighted by atomic mass is 10.1. The Morgan fingerprint density at radius 3 is 2.48 bits per heavy atom. The minimum atomic E-state index is -0.618. The van der Waals surface area contributed by atoms with Crippen LogP contribution in [0.4, 0.5) is 5.82 Å². The maximum Gasteiger partial charge on any atom is 0.262 e. The van der Waals surface area contributed by atoms with E-state index in [1.165, 1.54) is 4.57 Å². The first-order chi connectivity index (χ1) is 13.9. The van der Waals surface area contributed by atoms with Gasteiger partial charge in [-0.15, -0.1) is 0 Å². The summed E-state index contributed by atoms with van der Waals surface area (Å²) in [7, 11) is 0. The predicted octanol–water partition coefficient (Wildman–Crippen LogP) is 2.61. The van der Waals surface area contributed by atoms with Crippen LogP contribution in [0.15, 0.2) is 57.8 Å². The van der Waals surface area contributed by atoms with E-state index in [1.807, 2.05) is 18.2 Å². The molecule has 0 saturated heterocycles. The normalized spacial score (nSPS) is 13.0. The number of nitrogens with two attached hydrogens (primary N) is 1. The number of rotatable bonds is 2. The van der Waals surface area contributed by atoms with Crippen LogP contribution in [0.2, 0.25) is 0 Å². The molecule has 0 aliphatic carbocycles. The molecule has 4 aromatic rings. The number of hydrogen-bond donors (Lipinski definition) is 3. The number of H-pyrrole nitrogens is 1. The number of amides is 2. The lowest BCUT2D eigenvalue weighted by molar-refractivity contribution is 0.0880. The monoisotopic (exact) mass is 449 g/mol.